The number of carbonyl (C=O) groups excluding carboxylic acids is 1. The second-order valence-electron chi connectivity index (χ2n) is 6.16. The number of hydrogen-bond donors (Lipinski definition) is 1. The molecule has 3 heteroatoms. The van der Waals surface area contributed by atoms with Crippen LogP contribution in [0.2, 0.25) is 0 Å². The molecule has 0 saturated heterocycles. The molecular formula is C14H27NO2. The van der Waals surface area contributed by atoms with Gasteiger partial charge in [-0.15, -0.1) is 0 Å². The monoisotopic (exact) mass is 241 g/mol. The predicted molar refractivity (Wildman–Crippen MR) is 69.9 cm³/mol. The molecule has 0 heterocycles. The highest BCUT2D eigenvalue weighted by Gasteiger charge is 2.21. The average molecular weight is 241 g/mol. The van der Waals surface area contributed by atoms with Gasteiger partial charge >= 0.3 is 5.97 Å². The van der Waals surface area contributed by atoms with Gasteiger partial charge in [0.25, 0.3) is 0 Å². The summed E-state index contributed by atoms with van der Waals surface area (Å²) in [5.74, 6) is 0.635. The van der Waals surface area contributed by atoms with E-state index in [1.165, 1.54) is 25.7 Å². The van der Waals surface area contributed by atoms with Crippen molar-refractivity contribution < 1.29 is 9.53 Å². The van der Waals surface area contributed by atoms with Crippen molar-refractivity contribution in [3.63, 3.8) is 0 Å². The van der Waals surface area contributed by atoms with Gasteiger partial charge < -0.3 is 10.1 Å². The van der Waals surface area contributed by atoms with Gasteiger partial charge in [0.05, 0.1) is 6.42 Å². The van der Waals surface area contributed by atoms with E-state index < -0.39 is 0 Å². The minimum Gasteiger partial charge on any atom is -0.460 e. The molecule has 0 aromatic heterocycles. The molecule has 0 aromatic carbocycles. The van der Waals surface area contributed by atoms with Gasteiger partial charge in [0.1, 0.15) is 5.60 Å². The Kier molecular flexibility index (Phi) is 5.44. The molecule has 0 radical (unpaired) electrons. The molecule has 3 nitrogen and oxygen atoms in total. The molecule has 1 fully saturated rings. The van der Waals surface area contributed by atoms with E-state index in [0.717, 1.165) is 12.5 Å². The number of carbonyl (C=O) groups is 1. The first-order chi connectivity index (χ1) is 7.88. The highest BCUT2D eigenvalue weighted by molar-refractivity contribution is 5.70. The second kappa shape index (κ2) is 6.39. The maximum absolute atomic E-state index is 11.5. The summed E-state index contributed by atoms with van der Waals surface area (Å²) < 4.78 is 5.28. The molecule has 1 saturated carbocycles. The normalized spacial score (nSPS) is 25.6. The fourth-order valence-corrected chi connectivity index (χ4v) is 2.37. The fourth-order valence-electron chi connectivity index (χ4n) is 2.37. The van der Waals surface area contributed by atoms with Crippen molar-refractivity contribution in [2.24, 2.45) is 5.92 Å². The summed E-state index contributed by atoms with van der Waals surface area (Å²) in [6, 6.07) is 0.589. The Morgan fingerprint density at radius 1 is 1.29 bits per heavy atom. The Labute approximate surface area is 105 Å². The van der Waals surface area contributed by atoms with Crippen molar-refractivity contribution in [2.75, 3.05) is 6.54 Å². The van der Waals surface area contributed by atoms with Gasteiger partial charge in [0, 0.05) is 12.6 Å². The molecule has 0 aliphatic heterocycles. The van der Waals surface area contributed by atoms with Gasteiger partial charge in [-0.1, -0.05) is 19.8 Å². The van der Waals surface area contributed by atoms with Gasteiger partial charge in [-0.3, -0.25) is 4.79 Å². The van der Waals surface area contributed by atoms with Crippen molar-refractivity contribution in [3.8, 4) is 0 Å². The Morgan fingerprint density at radius 2 is 1.94 bits per heavy atom. The first kappa shape index (κ1) is 14.5. The van der Waals surface area contributed by atoms with Crippen LogP contribution in [0.1, 0.15) is 59.8 Å². The van der Waals surface area contributed by atoms with E-state index in [9.17, 15) is 4.79 Å². The van der Waals surface area contributed by atoms with E-state index in [1.807, 2.05) is 20.8 Å². The molecule has 0 spiro atoms. The van der Waals surface area contributed by atoms with Crippen molar-refractivity contribution in [3.05, 3.63) is 0 Å². The first-order valence-electron chi connectivity index (χ1n) is 6.84. The molecular weight excluding hydrogens is 214 g/mol. The zero-order valence-electron chi connectivity index (χ0n) is 11.7. The van der Waals surface area contributed by atoms with E-state index in [1.54, 1.807) is 0 Å². The molecule has 0 aromatic rings. The second-order valence-corrected chi connectivity index (χ2v) is 6.16. The Hall–Kier alpha value is -0.570. The Balaban J connectivity index is 2.16. The molecule has 1 N–H and O–H groups in total. The summed E-state index contributed by atoms with van der Waals surface area (Å²) in [5, 5.41) is 3.49. The lowest BCUT2D eigenvalue weighted by atomic mass is 9.86. The minimum absolute atomic E-state index is 0.103. The average Bonchev–Trinajstić information content (AvgIpc) is 2.18. The van der Waals surface area contributed by atoms with Crippen LogP contribution in [0.3, 0.4) is 0 Å². The van der Waals surface area contributed by atoms with E-state index in [-0.39, 0.29) is 11.6 Å². The summed E-state index contributed by atoms with van der Waals surface area (Å²) in [7, 11) is 0. The van der Waals surface area contributed by atoms with Crippen LogP contribution in [-0.2, 0) is 9.53 Å². The predicted octanol–water partition coefficient (Wildman–Crippen LogP) is 2.89. The molecule has 17 heavy (non-hydrogen) atoms. The van der Waals surface area contributed by atoms with Crippen LogP contribution in [0, 0.1) is 5.92 Å². The number of rotatable bonds is 4. The van der Waals surface area contributed by atoms with Crippen LogP contribution in [0.4, 0.5) is 0 Å². The smallest absolute Gasteiger partial charge is 0.307 e. The van der Waals surface area contributed by atoms with Gasteiger partial charge in [-0.25, -0.2) is 0 Å². The van der Waals surface area contributed by atoms with Gasteiger partial charge in [0.15, 0.2) is 0 Å². The maximum Gasteiger partial charge on any atom is 0.307 e. The quantitative estimate of drug-likeness (QED) is 0.769. The van der Waals surface area contributed by atoms with Crippen molar-refractivity contribution in [2.45, 2.75) is 71.4 Å². The molecule has 0 amide bonds. The number of nitrogens with one attached hydrogen (secondary N) is 1. The lowest BCUT2D eigenvalue weighted by molar-refractivity contribution is -0.154. The van der Waals surface area contributed by atoms with Gasteiger partial charge in [-0.2, -0.15) is 0 Å². The van der Waals surface area contributed by atoms with Crippen molar-refractivity contribution in [1.29, 1.82) is 0 Å². The van der Waals surface area contributed by atoms with Crippen LogP contribution >= 0.6 is 0 Å². The van der Waals surface area contributed by atoms with Crippen LogP contribution in [0.15, 0.2) is 0 Å². The summed E-state index contributed by atoms with van der Waals surface area (Å²) in [6.45, 7) is 8.75. The third-order valence-electron chi connectivity index (χ3n) is 3.27. The maximum atomic E-state index is 11.5. The van der Waals surface area contributed by atoms with Gasteiger partial charge in [0.2, 0.25) is 0 Å². The molecule has 2 unspecified atom stereocenters. The summed E-state index contributed by atoms with van der Waals surface area (Å²) in [6.07, 6.45) is 5.69. The number of esters is 1. The van der Waals surface area contributed by atoms with Crippen LogP contribution in [-0.4, -0.2) is 24.2 Å². The zero-order valence-corrected chi connectivity index (χ0v) is 11.7. The Bertz CT molecular complexity index is 245. The molecule has 0 bridgehead atoms. The van der Waals surface area contributed by atoms with E-state index in [4.69, 9.17) is 4.74 Å². The summed E-state index contributed by atoms with van der Waals surface area (Å²) in [4.78, 5) is 11.5. The summed E-state index contributed by atoms with van der Waals surface area (Å²) in [5.41, 5.74) is -0.366. The molecule has 2 atom stereocenters. The van der Waals surface area contributed by atoms with Crippen molar-refractivity contribution >= 4 is 5.97 Å². The van der Waals surface area contributed by atoms with E-state index in [0.29, 0.717) is 12.5 Å². The Morgan fingerprint density at radius 3 is 2.53 bits per heavy atom. The highest BCUT2D eigenvalue weighted by atomic mass is 16.6. The van der Waals surface area contributed by atoms with Crippen molar-refractivity contribution in [1.82, 2.24) is 5.32 Å². The molecule has 1 rings (SSSR count). The van der Waals surface area contributed by atoms with E-state index >= 15 is 0 Å². The van der Waals surface area contributed by atoms with Crippen LogP contribution in [0.5, 0.6) is 0 Å². The first-order valence-corrected chi connectivity index (χ1v) is 6.84. The topological polar surface area (TPSA) is 38.3 Å². The molecule has 100 valence electrons. The van der Waals surface area contributed by atoms with Crippen LogP contribution in [0.25, 0.3) is 0 Å². The van der Waals surface area contributed by atoms with Crippen LogP contribution < -0.4 is 5.32 Å². The molecule has 1 aliphatic carbocycles. The standard InChI is InChI=1S/C14H27NO2/c1-11-7-5-6-8-12(11)15-10-9-13(16)17-14(2,3)4/h11-12,15H,5-10H2,1-4H3. The lowest BCUT2D eigenvalue weighted by Crippen LogP contribution is -2.38. The third kappa shape index (κ3) is 6.06. The number of hydrogen-bond acceptors (Lipinski definition) is 3. The summed E-state index contributed by atoms with van der Waals surface area (Å²) >= 11 is 0. The van der Waals surface area contributed by atoms with Gasteiger partial charge in [-0.05, 0) is 39.5 Å². The number of ether oxygens (including phenoxy) is 1. The molecule has 1 aliphatic rings. The largest absolute Gasteiger partial charge is 0.460 e. The highest BCUT2D eigenvalue weighted by Crippen LogP contribution is 2.23. The SMILES string of the molecule is CC1CCCCC1NCCC(=O)OC(C)(C)C. The minimum atomic E-state index is -0.366. The third-order valence-corrected chi connectivity index (χ3v) is 3.27. The lowest BCUT2D eigenvalue weighted by Gasteiger charge is -2.29. The fraction of sp³-hybridized carbons (Fsp3) is 0.929. The zero-order chi connectivity index (χ0) is 12.9. The van der Waals surface area contributed by atoms with E-state index in [2.05, 4.69) is 12.2 Å².